The molecule has 0 rings (SSSR count). The fourth-order valence-corrected chi connectivity index (χ4v) is 1.82. The van der Waals surface area contributed by atoms with Gasteiger partial charge in [0.05, 0.1) is 95.5 Å². The molecule has 0 aliphatic rings. The molecule has 12 nitrogen and oxygen atoms in total. The summed E-state index contributed by atoms with van der Waals surface area (Å²) in [5.74, 6) is -0.935. The normalized spacial score (nSPS) is 12.3. The van der Waals surface area contributed by atoms with Crippen LogP contribution in [0.2, 0.25) is 0 Å². The molecule has 186 valence electrons. The van der Waals surface area contributed by atoms with Gasteiger partial charge in [0.2, 0.25) is 0 Å². The van der Waals surface area contributed by atoms with Gasteiger partial charge in [0.15, 0.2) is 0 Å². The SMILES string of the molecule is C=C(C)C(=O)O.OCC(CO)(CO)COCC(CO)(CO)COCC(CO)(CO)CO. The van der Waals surface area contributed by atoms with Crippen LogP contribution in [0.3, 0.4) is 0 Å². The highest BCUT2D eigenvalue weighted by atomic mass is 16.5. The minimum atomic E-state index is -1.24. The van der Waals surface area contributed by atoms with Gasteiger partial charge in [-0.2, -0.15) is 0 Å². The molecule has 0 unspecified atom stereocenters. The topological polar surface area (TPSA) is 218 Å². The Labute approximate surface area is 181 Å². The minimum absolute atomic E-state index is 0.176. The first-order chi connectivity index (χ1) is 14.5. The van der Waals surface area contributed by atoms with Crippen molar-refractivity contribution in [2.75, 3.05) is 79.3 Å². The summed E-state index contributed by atoms with van der Waals surface area (Å²) in [6, 6.07) is 0. The Bertz CT molecular complexity index is 428. The van der Waals surface area contributed by atoms with Gasteiger partial charge in [-0.1, -0.05) is 6.58 Å². The van der Waals surface area contributed by atoms with Crippen molar-refractivity contribution in [2.24, 2.45) is 16.2 Å². The smallest absolute Gasteiger partial charge is 0.330 e. The average molecular weight is 459 g/mol. The zero-order chi connectivity index (χ0) is 24.6. The largest absolute Gasteiger partial charge is 0.478 e. The van der Waals surface area contributed by atoms with Crippen molar-refractivity contribution in [2.45, 2.75) is 6.92 Å². The van der Waals surface area contributed by atoms with Crippen LogP contribution in [0, 0.1) is 16.2 Å². The number of carbonyl (C=O) groups is 1. The quantitative estimate of drug-likeness (QED) is 0.0973. The average Bonchev–Trinajstić information content (AvgIpc) is 2.79. The molecular formula is C19H38O12. The number of aliphatic carboxylic acids is 1. The molecule has 0 bridgehead atoms. The Balaban J connectivity index is 0. The molecule has 0 saturated carbocycles. The van der Waals surface area contributed by atoms with Gasteiger partial charge in [-0.15, -0.1) is 0 Å². The second kappa shape index (κ2) is 16.4. The summed E-state index contributed by atoms with van der Waals surface area (Å²) in [6.07, 6.45) is 0. The number of hydrogen-bond donors (Lipinski definition) is 9. The molecule has 0 aliphatic heterocycles. The van der Waals surface area contributed by atoms with Gasteiger partial charge in [0, 0.05) is 5.57 Å². The van der Waals surface area contributed by atoms with Gasteiger partial charge in [-0.25, -0.2) is 4.79 Å². The van der Waals surface area contributed by atoms with Crippen LogP contribution < -0.4 is 0 Å². The summed E-state index contributed by atoms with van der Waals surface area (Å²) >= 11 is 0. The summed E-state index contributed by atoms with van der Waals surface area (Å²) in [6.45, 7) is -0.220. The fourth-order valence-electron chi connectivity index (χ4n) is 1.82. The first kappa shape index (κ1) is 32.0. The molecule has 0 spiro atoms. The monoisotopic (exact) mass is 458 g/mol. The zero-order valence-corrected chi connectivity index (χ0v) is 17.9. The van der Waals surface area contributed by atoms with Crippen LogP contribution >= 0.6 is 0 Å². The summed E-state index contributed by atoms with van der Waals surface area (Å²) < 4.78 is 10.7. The van der Waals surface area contributed by atoms with Crippen LogP contribution in [-0.4, -0.2) is 131 Å². The molecule has 0 amide bonds. The fraction of sp³-hybridized carbons (Fsp3) is 0.842. The standard InChI is InChI=1S/C15H32O10.C4H6O2/c16-1-13(2-17,3-18)9-24-11-15(7-22,8-23)12-25-10-14(4-19,5-20)6-21;1-3(2)4(5)6/h16-23H,1-12H2;1H2,2H3,(H,5,6). The second-order valence-electron chi connectivity index (χ2n) is 7.84. The predicted octanol–water partition coefficient (Wildman–Crippen LogP) is -3.44. The Morgan fingerprint density at radius 3 is 0.968 bits per heavy atom. The van der Waals surface area contributed by atoms with E-state index < -0.39 is 75.1 Å². The summed E-state index contributed by atoms with van der Waals surface area (Å²) in [5.41, 5.74) is -3.51. The van der Waals surface area contributed by atoms with E-state index >= 15 is 0 Å². The van der Waals surface area contributed by atoms with Gasteiger partial charge < -0.3 is 55.4 Å². The molecule has 0 heterocycles. The molecule has 0 aromatic rings. The van der Waals surface area contributed by atoms with E-state index in [1.165, 1.54) is 6.92 Å². The lowest BCUT2D eigenvalue weighted by Gasteiger charge is -2.34. The van der Waals surface area contributed by atoms with E-state index in [0.29, 0.717) is 0 Å². The molecule has 9 N–H and O–H groups in total. The number of aliphatic hydroxyl groups is 8. The Morgan fingerprint density at radius 1 is 0.613 bits per heavy atom. The molecule has 0 atom stereocenters. The zero-order valence-electron chi connectivity index (χ0n) is 17.9. The lowest BCUT2D eigenvalue weighted by Crippen LogP contribution is -2.45. The number of ether oxygens (including phenoxy) is 2. The van der Waals surface area contributed by atoms with Gasteiger partial charge in [-0.3, -0.25) is 0 Å². The highest BCUT2D eigenvalue weighted by molar-refractivity contribution is 5.84. The maximum Gasteiger partial charge on any atom is 0.330 e. The summed E-state index contributed by atoms with van der Waals surface area (Å²) in [7, 11) is 0. The summed E-state index contributed by atoms with van der Waals surface area (Å²) in [5, 5.41) is 82.4. The van der Waals surface area contributed by atoms with E-state index in [1.54, 1.807) is 0 Å². The number of hydrogen-bond acceptors (Lipinski definition) is 11. The Kier molecular flexibility index (Phi) is 17.0. The molecular weight excluding hydrogens is 420 g/mol. The van der Waals surface area contributed by atoms with Crippen molar-refractivity contribution >= 4 is 5.97 Å². The van der Waals surface area contributed by atoms with Crippen molar-refractivity contribution in [1.29, 1.82) is 0 Å². The number of rotatable bonds is 17. The van der Waals surface area contributed by atoms with E-state index in [1.807, 2.05) is 0 Å². The van der Waals surface area contributed by atoms with Crippen LogP contribution in [0.1, 0.15) is 6.92 Å². The molecule has 0 aliphatic carbocycles. The third kappa shape index (κ3) is 11.3. The van der Waals surface area contributed by atoms with Crippen LogP contribution in [0.25, 0.3) is 0 Å². The maximum atomic E-state index is 9.60. The minimum Gasteiger partial charge on any atom is -0.478 e. The van der Waals surface area contributed by atoms with Gasteiger partial charge in [0.25, 0.3) is 0 Å². The van der Waals surface area contributed by atoms with Crippen molar-refractivity contribution in [3.63, 3.8) is 0 Å². The molecule has 31 heavy (non-hydrogen) atoms. The predicted molar refractivity (Wildman–Crippen MR) is 108 cm³/mol. The number of carboxylic acid groups (broad SMARTS) is 1. The van der Waals surface area contributed by atoms with Crippen molar-refractivity contribution < 1.29 is 60.2 Å². The molecule has 0 aromatic heterocycles. The van der Waals surface area contributed by atoms with Crippen molar-refractivity contribution in [1.82, 2.24) is 0 Å². The lowest BCUT2D eigenvalue weighted by atomic mass is 9.90. The van der Waals surface area contributed by atoms with Crippen LogP contribution in [0.15, 0.2) is 12.2 Å². The van der Waals surface area contributed by atoms with E-state index in [9.17, 15) is 45.6 Å². The molecule has 0 fully saturated rings. The molecule has 0 saturated heterocycles. The van der Waals surface area contributed by atoms with E-state index in [0.717, 1.165) is 0 Å². The third-order valence-electron chi connectivity index (χ3n) is 4.68. The van der Waals surface area contributed by atoms with E-state index in [2.05, 4.69) is 6.58 Å². The number of aliphatic hydroxyl groups excluding tert-OH is 8. The van der Waals surface area contributed by atoms with E-state index in [4.69, 9.17) is 14.6 Å². The highest BCUT2D eigenvalue weighted by Gasteiger charge is 2.35. The van der Waals surface area contributed by atoms with Gasteiger partial charge in [0.1, 0.15) is 0 Å². The molecule has 0 radical (unpaired) electrons. The van der Waals surface area contributed by atoms with Crippen molar-refractivity contribution in [3.05, 3.63) is 12.2 Å². The van der Waals surface area contributed by atoms with E-state index in [-0.39, 0.29) is 32.0 Å². The lowest BCUT2D eigenvalue weighted by molar-refractivity contribution is -0.132. The highest BCUT2D eigenvalue weighted by Crippen LogP contribution is 2.23. The maximum absolute atomic E-state index is 9.60. The third-order valence-corrected chi connectivity index (χ3v) is 4.68. The Morgan fingerprint density at radius 2 is 0.806 bits per heavy atom. The first-order valence-electron chi connectivity index (χ1n) is 9.46. The van der Waals surface area contributed by atoms with Crippen LogP contribution in [0.5, 0.6) is 0 Å². The summed E-state index contributed by atoms with van der Waals surface area (Å²) in [4.78, 5) is 9.60. The van der Waals surface area contributed by atoms with Gasteiger partial charge in [-0.05, 0) is 6.92 Å². The first-order valence-corrected chi connectivity index (χ1v) is 9.46. The number of carboxylic acids is 1. The van der Waals surface area contributed by atoms with Crippen LogP contribution in [-0.2, 0) is 14.3 Å². The van der Waals surface area contributed by atoms with Gasteiger partial charge >= 0.3 is 5.97 Å². The van der Waals surface area contributed by atoms with Crippen molar-refractivity contribution in [3.8, 4) is 0 Å². The second-order valence-corrected chi connectivity index (χ2v) is 7.84. The molecule has 0 aromatic carbocycles. The molecule has 12 heteroatoms. The van der Waals surface area contributed by atoms with Crippen LogP contribution in [0.4, 0.5) is 0 Å². The Hall–Kier alpha value is -1.19.